The molecule has 0 aliphatic carbocycles. The van der Waals surface area contributed by atoms with Crippen molar-refractivity contribution < 1.29 is 26.8 Å². The van der Waals surface area contributed by atoms with Crippen molar-refractivity contribution in [1.82, 2.24) is 10.0 Å². The van der Waals surface area contributed by atoms with E-state index in [-0.39, 0.29) is 17.2 Å². The average molecular weight is 434 g/mol. The summed E-state index contributed by atoms with van der Waals surface area (Å²) in [7, 11) is -0.551. The van der Waals surface area contributed by atoms with Gasteiger partial charge in [-0.05, 0) is 50.2 Å². The Balaban J connectivity index is 2.30. The van der Waals surface area contributed by atoms with E-state index in [4.69, 9.17) is 9.15 Å². The van der Waals surface area contributed by atoms with E-state index >= 15 is 0 Å². The van der Waals surface area contributed by atoms with E-state index in [2.05, 4.69) is 10.0 Å². The molecular formula is C21H23FN2O5S. The second-order valence-corrected chi connectivity index (χ2v) is 9.19. The fraction of sp³-hybridized carbons (Fsp3) is 0.286. The fourth-order valence-electron chi connectivity index (χ4n) is 3.45. The zero-order chi connectivity index (χ0) is 22.3. The molecule has 1 aromatic heterocycles. The summed E-state index contributed by atoms with van der Waals surface area (Å²) in [4.78, 5) is 12.6. The smallest absolute Gasteiger partial charge is 0.255 e. The Labute approximate surface area is 174 Å². The monoisotopic (exact) mass is 434 g/mol. The van der Waals surface area contributed by atoms with Gasteiger partial charge in [0, 0.05) is 23.6 Å². The molecule has 0 spiro atoms. The van der Waals surface area contributed by atoms with Gasteiger partial charge in [0.25, 0.3) is 5.91 Å². The quantitative estimate of drug-likeness (QED) is 0.620. The minimum Gasteiger partial charge on any atom is -0.496 e. The first-order valence-corrected chi connectivity index (χ1v) is 11.0. The highest BCUT2D eigenvalue weighted by atomic mass is 32.2. The minimum absolute atomic E-state index is 0.275. The maximum absolute atomic E-state index is 13.4. The topological polar surface area (TPSA) is 97.6 Å². The SMILES string of the molecule is CNC(=O)c1c(-c2ccc(F)cc2)oc2cc(C(C)(C)NS(C)(=O)=O)c(OC)cc12. The van der Waals surface area contributed by atoms with Crippen LogP contribution in [-0.4, -0.2) is 34.7 Å². The third-order valence-corrected chi connectivity index (χ3v) is 5.57. The van der Waals surface area contributed by atoms with Gasteiger partial charge in [-0.3, -0.25) is 4.79 Å². The number of fused-ring (bicyclic) bond motifs is 1. The van der Waals surface area contributed by atoms with Crippen molar-refractivity contribution in [2.45, 2.75) is 19.4 Å². The van der Waals surface area contributed by atoms with Crippen molar-refractivity contribution in [2.75, 3.05) is 20.4 Å². The largest absolute Gasteiger partial charge is 0.496 e. The third kappa shape index (κ3) is 4.17. The number of nitrogens with one attached hydrogen (secondary N) is 2. The average Bonchev–Trinajstić information content (AvgIpc) is 3.03. The fourth-order valence-corrected chi connectivity index (χ4v) is 4.49. The number of carbonyl (C=O) groups is 1. The lowest BCUT2D eigenvalue weighted by atomic mass is 9.93. The van der Waals surface area contributed by atoms with E-state index in [9.17, 15) is 17.6 Å². The van der Waals surface area contributed by atoms with E-state index in [1.165, 1.54) is 38.4 Å². The number of sulfonamides is 1. The number of benzene rings is 2. The van der Waals surface area contributed by atoms with Gasteiger partial charge in [-0.15, -0.1) is 0 Å². The van der Waals surface area contributed by atoms with Crippen LogP contribution in [-0.2, 0) is 15.6 Å². The molecule has 0 bridgehead atoms. The molecular weight excluding hydrogens is 411 g/mol. The van der Waals surface area contributed by atoms with Crippen LogP contribution in [0.2, 0.25) is 0 Å². The zero-order valence-electron chi connectivity index (χ0n) is 17.3. The molecule has 0 radical (unpaired) electrons. The Morgan fingerprint density at radius 1 is 1.17 bits per heavy atom. The van der Waals surface area contributed by atoms with Crippen molar-refractivity contribution >= 4 is 26.9 Å². The Hall–Kier alpha value is -2.91. The van der Waals surface area contributed by atoms with Crippen molar-refractivity contribution in [3.8, 4) is 17.1 Å². The molecule has 1 amide bonds. The van der Waals surface area contributed by atoms with Crippen LogP contribution in [0.1, 0.15) is 29.8 Å². The number of hydrogen-bond acceptors (Lipinski definition) is 5. The maximum atomic E-state index is 13.4. The number of amides is 1. The summed E-state index contributed by atoms with van der Waals surface area (Å²) in [6.07, 6.45) is 1.07. The second-order valence-electron chi connectivity index (χ2n) is 7.44. The van der Waals surface area contributed by atoms with Gasteiger partial charge in [0.2, 0.25) is 10.0 Å². The Morgan fingerprint density at radius 2 is 1.80 bits per heavy atom. The van der Waals surface area contributed by atoms with Gasteiger partial charge in [-0.2, -0.15) is 0 Å². The van der Waals surface area contributed by atoms with E-state index in [1.807, 2.05) is 0 Å². The molecule has 2 aromatic carbocycles. The third-order valence-electron chi connectivity index (χ3n) is 4.68. The van der Waals surface area contributed by atoms with Crippen LogP contribution in [0.3, 0.4) is 0 Å². The van der Waals surface area contributed by atoms with Gasteiger partial charge in [-0.1, -0.05) is 0 Å². The Kier molecular flexibility index (Phi) is 5.62. The van der Waals surface area contributed by atoms with Crippen molar-refractivity contribution in [1.29, 1.82) is 0 Å². The van der Waals surface area contributed by atoms with Crippen LogP contribution in [0.25, 0.3) is 22.3 Å². The first kappa shape index (κ1) is 21.8. The summed E-state index contributed by atoms with van der Waals surface area (Å²) in [5, 5.41) is 3.08. The van der Waals surface area contributed by atoms with Gasteiger partial charge in [0.05, 0.1) is 24.5 Å². The summed E-state index contributed by atoms with van der Waals surface area (Å²) in [6, 6.07) is 8.88. The molecule has 0 fully saturated rings. The van der Waals surface area contributed by atoms with Gasteiger partial charge in [-0.25, -0.2) is 17.5 Å². The molecule has 1 heterocycles. The maximum Gasteiger partial charge on any atom is 0.255 e. The minimum atomic E-state index is -3.51. The highest BCUT2D eigenvalue weighted by Crippen LogP contribution is 2.40. The lowest BCUT2D eigenvalue weighted by Crippen LogP contribution is -2.40. The lowest BCUT2D eigenvalue weighted by molar-refractivity contribution is 0.0964. The highest BCUT2D eigenvalue weighted by Gasteiger charge is 2.31. The van der Waals surface area contributed by atoms with Gasteiger partial charge >= 0.3 is 0 Å². The van der Waals surface area contributed by atoms with E-state index < -0.39 is 21.4 Å². The molecule has 160 valence electrons. The number of methoxy groups -OCH3 is 1. The van der Waals surface area contributed by atoms with Crippen LogP contribution >= 0.6 is 0 Å². The molecule has 2 N–H and O–H groups in total. The number of carbonyl (C=O) groups excluding carboxylic acids is 1. The van der Waals surface area contributed by atoms with Gasteiger partial charge < -0.3 is 14.5 Å². The van der Waals surface area contributed by atoms with Crippen molar-refractivity contribution in [2.24, 2.45) is 0 Å². The summed E-state index contributed by atoms with van der Waals surface area (Å²) in [5.74, 6) is -0.122. The first-order chi connectivity index (χ1) is 14.0. The number of furan rings is 1. The zero-order valence-corrected chi connectivity index (χ0v) is 18.1. The van der Waals surface area contributed by atoms with Crippen LogP contribution in [0.5, 0.6) is 5.75 Å². The molecule has 9 heteroatoms. The molecule has 0 unspecified atom stereocenters. The van der Waals surface area contributed by atoms with Crippen molar-refractivity contribution in [3.05, 3.63) is 53.3 Å². The molecule has 0 aliphatic rings. The predicted octanol–water partition coefficient (Wildman–Crippen LogP) is 3.39. The van der Waals surface area contributed by atoms with E-state index in [0.29, 0.717) is 27.8 Å². The van der Waals surface area contributed by atoms with Crippen LogP contribution in [0.15, 0.2) is 40.8 Å². The molecule has 30 heavy (non-hydrogen) atoms. The summed E-state index contributed by atoms with van der Waals surface area (Å²) in [6.45, 7) is 3.39. The van der Waals surface area contributed by atoms with Crippen molar-refractivity contribution in [3.63, 3.8) is 0 Å². The molecule has 0 atom stereocenters. The van der Waals surface area contributed by atoms with E-state index in [0.717, 1.165) is 6.26 Å². The Morgan fingerprint density at radius 3 is 2.33 bits per heavy atom. The molecule has 7 nitrogen and oxygen atoms in total. The molecule has 3 rings (SSSR count). The lowest BCUT2D eigenvalue weighted by Gasteiger charge is -2.27. The second kappa shape index (κ2) is 7.73. The van der Waals surface area contributed by atoms with Crippen LogP contribution in [0.4, 0.5) is 4.39 Å². The van der Waals surface area contributed by atoms with Gasteiger partial charge in [0.1, 0.15) is 22.9 Å². The number of halogens is 1. The van der Waals surface area contributed by atoms with Crippen LogP contribution < -0.4 is 14.8 Å². The molecule has 0 aliphatic heterocycles. The summed E-state index contributed by atoms with van der Waals surface area (Å²) < 4.78 is 51.1. The highest BCUT2D eigenvalue weighted by molar-refractivity contribution is 7.88. The standard InChI is InChI=1S/C21H23FN2O5S/c1-21(2,24-30(5,26)27)15-11-16-14(10-17(15)28-4)18(20(25)23-3)19(29-16)12-6-8-13(22)9-7-12/h6-11,24H,1-5H3,(H,23,25). The predicted molar refractivity (Wildman–Crippen MR) is 113 cm³/mol. The normalized spacial score (nSPS) is 12.2. The summed E-state index contributed by atoms with van der Waals surface area (Å²) in [5.41, 5.74) is 0.694. The molecule has 0 saturated carbocycles. The molecule has 3 aromatic rings. The Bertz CT molecular complexity index is 1210. The first-order valence-electron chi connectivity index (χ1n) is 9.09. The van der Waals surface area contributed by atoms with Gasteiger partial charge in [0.15, 0.2) is 0 Å². The molecule has 0 saturated heterocycles. The number of hydrogen-bond donors (Lipinski definition) is 2. The number of ether oxygens (including phenoxy) is 1. The van der Waals surface area contributed by atoms with Crippen LogP contribution in [0, 0.1) is 5.82 Å². The number of rotatable bonds is 6. The van der Waals surface area contributed by atoms with E-state index in [1.54, 1.807) is 26.0 Å². The summed E-state index contributed by atoms with van der Waals surface area (Å²) >= 11 is 0.